The zero-order valence-electron chi connectivity index (χ0n) is 26.2. The number of para-hydroxylation sites is 2. The molecule has 3 saturated heterocycles. The number of amides is 3. The van der Waals surface area contributed by atoms with E-state index in [0.29, 0.717) is 38.9 Å². The summed E-state index contributed by atoms with van der Waals surface area (Å²) < 4.78 is -1.19. The molecule has 0 aliphatic carbocycles. The average molecular weight is 616 g/mol. The summed E-state index contributed by atoms with van der Waals surface area (Å²) in [6, 6.07) is 14.8. The first-order chi connectivity index (χ1) is 21.1. The van der Waals surface area contributed by atoms with Gasteiger partial charge in [0, 0.05) is 42.4 Å². The summed E-state index contributed by atoms with van der Waals surface area (Å²) in [4.78, 5) is 49.6. The van der Waals surface area contributed by atoms with Crippen molar-refractivity contribution in [2.45, 2.75) is 68.4 Å². The van der Waals surface area contributed by atoms with Gasteiger partial charge in [0.25, 0.3) is 5.91 Å². The molecule has 0 radical (unpaired) electrons. The molecule has 8 heteroatoms. The first-order valence-electron chi connectivity index (χ1n) is 15.7. The van der Waals surface area contributed by atoms with Gasteiger partial charge in [-0.1, -0.05) is 48.6 Å². The highest BCUT2D eigenvalue weighted by Crippen LogP contribution is 2.71. The Kier molecular flexibility index (Phi) is 9.42. The molecule has 3 aliphatic rings. The quantitative estimate of drug-likeness (QED) is 0.232. The van der Waals surface area contributed by atoms with Crippen LogP contribution in [0.1, 0.15) is 50.2 Å². The van der Waals surface area contributed by atoms with Crippen LogP contribution in [0.2, 0.25) is 0 Å². The number of carbonyl (C=O) groups is 3. The van der Waals surface area contributed by atoms with Gasteiger partial charge in [-0.3, -0.25) is 14.4 Å². The molecule has 3 amide bonds. The number of anilines is 2. The number of rotatable bonds is 13. The lowest BCUT2D eigenvalue weighted by Crippen LogP contribution is -2.55. The fourth-order valence-electron chi connectivity index (χ4n) is 7.92. The van der Waals surface area contributed by atoms with Gasteiger partial charge in [0.05, 0.1) is 16.6 Å². The van der Waals surface area contributed by atoms with Gasteiger partial charge in [0.15, 0.2) is 0 Å². The number of carbonyl (C=O) groups excluding carboxylic acids is 3. The summed E-state index contributed by atoms with van der Waals surface area (Å²) >= 11 is 1.70. The number of thioether (sulfide) groups is 1. The van der Waals surface area contributed by atoms with Crippen molar-refractivity contribution in [3.63, 3.8) is 0 Å². The smallest absolute Gasteiger partial charge is 0.251 e. The van der Waals surface area contributed by atoms with Crippen molar-refractivity contribution in [2.24, 2.45) is 11.8 Å². The normalized spacial score (nSPS) is 26.9. The third-order valence-electron chi connectivity index (χ3n) is 9.77. The molecule has 234 valence electrons. The van der Waals surface area contributed by atoms with Crippen molar-refractivity contribution in [2.75, 3.05) is 36.0 Å². The summed E-state index contributed by atoms with van der Waals surface area (Å²) in [6.45, 7) is 15.1. The Morgan fingerprint density at radius 3 is 2.25 bits per heavy atom. The van der Waals surface area contributed by atoms with Gasteiger partial charge in [-0.15, -0.1) is 24.9 Å². The molecule has 2 bridgehead atoms. The lowest BCUT2D eigenvalue weighted by atomic mass is 9.66. The Hall–Kier alpha value is -3.36. The molecule has 5 atom stereocenters. The second-order valence-electron chi connectivity index (χ2n) is 12.6. The first kappa shape index (κ1) is 32.0. The summed E-state index contributed by atoms with van der Waals surface area (Å²) in [5.41, 5.74) is 3.59. The minimum Gasteiger partial charge on any atom is -0.396 e. The van der Waals surface area contributed by atoms with Gasteiger partial charge in [0.1, 0.15) is 6.04 Å². The van der Waals surface area contributed by atoms with E-state index in [1.165, 1.54) is 0 Å². The predicted octanol–water partition coefficient (Wildman–Crippen LogP) is 5.69. The Morgan fingerprint density at radius 2 is 1.61 bits per heavy atom. The van der Waals surface area contributed by atoms with Crippen molar-refractivity contribution in [3.8, 4) is 0 Å². The molecule has 7 nitrogen and oxygen atoms in total. The number of aliphatic hydroxyl groups is 1. The van der Waals surface area contributed by atoms with Gasteiger partial charge < -0.3 is 19.8 Å². The summed E-state index contributed by atoms with van der Waals surface area (Å²) in [5, 5.41) is 9.39. The fourth-order valence-corrected chi connectivity index (χ4v) is 10.3. The molecule has 3 fully saturated rings. The number of fused-ring (bicyclic) bond motifs is 1. The maximum atomic E-state index is 15.0. The van der Waals surface area contributed by atoms with Gasteiger partial charge in [-0.25, -0.2) is 0 Å². The van der Waals surface area contributed by atoms with Crippen LogP contribution in [0.4, 0.5) is 11.4 Å². The maximum absolute atomic E-state index is 15.0. The van der Waals surface area contributed by atoms with Crippen LogP contribution in [0.15, 0.2) is 73.8 Å². The van der Waals surface area contributed by atoms with Gasteiger partial charge >= 0.3 is 0 Å². The number of aryl methyl sites for hydroxylation is 2. The molecule has 1 spiro atoms. The lowest BCUT2D eigenvalue weighted by Gasteiger charge is -2.38. The van der Waals surface area contributed by atoms with Crippen LogP contribution in [0, 0.1) is 25.7 Å². The van der Waals surface area contributed by atoms with E-state index in [-0.39, 0.29) is 24.3 Å². The van der Waals surface area contributed by atoms with Crippen LogP contribution in [0.3, 0.4) is 0 Å². The minimum absolute atomic E-state index is 0.0861. The van der Waals surface area contributed by atoms with Crippen LogP contribution in [-0.4, -0.2) is 69.5 Å². The van der Waals surface area contributed by atoms with Crippen LogP contribution < -0.4 is 9.80 Å². The van der Waals surface area contributed by atoms with Crippen LogP contribution in [0.25, 0.3) is 0 Å². The van der Waals surface area contributed by atoms with E-state index in [1.54, 1.807) is 38.6 Å². The van der Waals surface area contributed by atoms with E-state index in [4.69, 9.17) is 0 Å². The Morgan fingerprint density at radius 1 is 0.955 bits per heavy atom. The number of hydrogen-bond donors (Lipinski definition) is 1. The van der Waals surface area contributed by atoms with Crippen molar-refractivity contribution in [1.29, 1.82) is 0 Å². The molecule has 1 N–H and O–H groups in total. The van der Waals surface area contributed by atoms with Crippen molar-refractivity contribution >= 4 is 40.9 Å². The molecule has 3 heterocycles. The average Bonchev–Trinajstić information content (AvgIpc) is 3.57. The SMILES string of the molecule is C=CCN(C(=O)[C@H]1[C@H]2C(=O)N(CCCCCO)C(C(=O)N(CC=C)c3c(C)cccc3C)C23CC[C@]1(C)S3)c1ccccc1. The number of nitrogens with zero attached hydrogens (tertiary/aromatic N) is 3. The number of hydrogen-bond acceptors (Lipinski definition) is 5. The minimum atomic E-state index is -0.716. The second kappa shape index (κ2) is 12.9. The number of benzene rings is 2. The van der Waals surface area contributed by atoms with Crippen LogP contribution in [-0.2, 0) is 14.4 Å². The largest absolute Gasteiger partial charge is 0.396 e. The zero-order chi connectivity index (χ0) is 31.6. The molecule has 0 aromatic heterocycles. The predicted molar refractivity (Wildman–Crippen MR) is 179 cm³/mol. The number of unbranched alkanes of at least 4 members (excludes halogenated alkanes) is 2. The highest BCUT2D eigenvalue weighted by molar-refractivity contribution is 8.02. The van der Waals surface area contributed by atoms with Crippen LogP contribution in [0.5, 0.6) is 0 Å². The third kappa shape index (κ3) is 5.30. The fraction of sp³-hybridized carbons (Fsp3) is 0.472. The molecule has 44 heavy (non-hydrogen) atoms. The summed E-state index contributed by atoms with van der Waals surface area (Å²) in [7, 11) is 0. The third-order valence-corrected chi connectivity index (χ3v) is 11.8. The van der Waals surface area contributed by atoms with E-state index < -0.39 is 27.4 Å². The second-order valence-corrected chi connectivity index (χ2v) is 14.5. The van der Waals surface area contributed by atoms with Gasteiger partial charge in [0.2, 0.25) is 11.8 Å². The molecule has 2 aromatic rings. The lowest BCUT2D eigenvalue weighted by molar-refractivity contribution is -0.139. The molecule has 3 aliphatic heterocycles. The number of aliphatic hydroxyl groups excluding tert-OH is 1. The van der Waals surface area contributed by atoms with Gasteiger partial charge in [-0.2, -0.15) is 0 Å². The van der Waals surface area contributed by atoms with Crippen molar-refractivity contribution in [3.05, 3.63) is 85.0 Å². The molecular weight excluding hydrogens is 570 g/mol. The molecule has 2 unspecified atom stereocenters. The topological polar surface area (TPSA) is 81.2 Å². The van der Waals surface area contributed by atoms with Crippen LogP contribution >= 0.6 is 11.8 Å². The van der Waals surface area contributed by atoms with E-state index in [1.807, 2.05) is 62.4 Å². The van der Waals surface area contributed by atoms with E-state index in [9.17, 15) is 19.5 Å². The number of likely N-dealkylation sites (tertiary alicyclic amines) is 1. The first-order valence-corrected chi connectivity index (χ1v) is 16.5. The van der Waals surface area contributed by atoms with Gasteiger partial charge in [-0.05, 0) is 76.1 Å². The Balaban J connectivity index is 1.59. The molecule has 5 rings (SSSR count). The highest BCUT2D eigenvalue weighted by Gasteiger charge is 2.77. The Bertz CT molecular complexity index is 1410. The van der Waals surface area contributed by atoms with E-state index >= 15 is 0 Å². The molecule has 2 aromatic carbocycles. The zero-order valence-corrected chi connectivity index (χ0v) is 27.0. The van der Waals surface area contributed by atoms with E-state index in [0.717, 1.165) is 35.3 Å². The van der Waals surface area contributed by atoms with E-state index in [2.05, 4.69) is 20.1 Å². The summed E-state index contributed by atoms with van der Waals surface area (Å²) in [5.74, 6) is -1.48. The Labute approximate surface area is 266 Å². The maximum Gasteiger partial charge on any atom is 0.251 e. The monoisotopic (exact) mass is 615 g/mol. The van der Waals surface area contributed by atoms with Crippen molar-refractivity contribution < 1.29 is 19.5 Å². The highest BCUT2D eigenvalue weighted by atomic mass is 32.2. The standard InChI is InChI=1S/C36H45N3O4S/c1-6-21-37(27-17-10-8-11-18-27)32(41)28-29-33(42)39(23-12-9-13-24-40)31(36(29)20-19-35(28,5)44-36)34(43)38(22-7-2)30-25(3)15-14-16-26(30)4/h6-8,10-11,14-18,28-29,31,40H,1-2,9,12-13,19-24H2,3-5H3/t28-,29+,31?,35+,36?/m1/s1. The molecular formula is C36H45N3O4S. The van der Waals surface area contributed by atoms with Crippen molar-refractivity contribution in [1.82, 2.24) is 4.90 Å². The molecule has 0 saturated carbocycles. The summed E-state index contributed by atoms with van der Waals surface area (Å²) in [6.07, 6.45) is 6.97.